The number of hydrogen-bond acceptors (Lipinski definition) is 5. The first-order chi connectivity index (χ1) is 14.3. The molecular weight excluding hydrogens is 410 g/mol. The fourth-order valence-electron chi connectivity index (χ4n) is 3.45. The van der Waals surface area contributed by atoms with Crippen LogP contribution in [0.2, 0.25) is 5.02 Å². The zero-order valence-electron chi connectivity index (χ0n) is 18.1. The van der Waals surface area contributed by atoms with Gasteiger partial charge in [0.15, 0.2) is 0 Å². The first-order valence-electron chi connectivity index (χ1n) is 10.4. The number of carboxylic acid groups (broad SMARTS) is 2. The zero-order chi connectivity index (χ0) is 22.5. The number of aliphatic carboxylic acids is 2. The van der Waals surface area contributed by atoms with Crippen molar-refractivity contribution < 1.29 is 29.3 Å². The van der Waals surface area contributed by atoms with E-state index in [2.05, 4.69) is 11.8 Å². The van der Waals surface area contributed by atoms with E-state index in [4.69, 9.17) is 40.9 Å². The van der Waals surface area contributed by atoms with E-state index in [1.807, 2.05) is 32.2 Å². The van der Waals surface area contributed by atoms with Crippen LogP contribution in [0.3, 0.4) is 0 Å². The van der Waals surface area contributed by atoms with Gasteiger partial charge in [0, 0.05) is 18.7 Å². The summed E-state index contributed by atoms with van der Waals surface area (Å²) in [6, 6.07) is 5.85. The van der Waals surface area contributed by atoms with Crippen LogP contribution in [0.1, 0.15) is 44.6 Å². The second-order valence-electron chi connectivity index (χ2n) is 7.49. The van der Waals surface area contributed by atoms with Crippen molar-refractivity contribution in [1.82, 2.24) is 4.90 Å². The Balaban J connectivity index is 0.000000656. The SMILES string of the molecule is CCCCCN1CC[C@H](CCOc2ccc(Cl)c(C)c2)[C@H](OC)C1.O=C(O)C(=O)O. The van der Waals surface area contributed by atoms with Crippen molar-refractivity contribution in [3.05, 3.63) is 28.8 Å². The van der Waals surface area contributed by atoms with Crippen LogP contribution >= 0.6 is 11.6 Å². The number of nitrogens with zero attached hydrogens (tertiary/aromatic N) is 1. The summed E-state index contributed by atoms with van der Waals surface area (Å²) < 4.78 is 11.7. The molecule has 2 rings (SSSR count). The number of halogens is 1. The van der Waals surface area contributed by atoms with Crippen LogP contribution in [0.15, 0.2) is 18.2 Å². The summed E-state index contributed by atoms with van der Waals surface area (Å²) in [4.78, 5) is 20.8. The fraction of sp³-hybridized carbons (Fsp3) is 0.636. The molecule has 7 nitrogen and oxygen atoms in total. The molecule has 0 saturated carbocycles. The molecule has 170 valence electrons. The smallest absolute Gasteiger partial charge is 0.414 e. The molecular formula is C22H34ClNO6. The third-order valence-electron chi connectivity index (χ3n) is 5.23. The highest BCUT2D eigenvalue weighted by Gasteiger charge is 2.28. The number of rotatable bonds is 9. The predicted octanol–water partition coefficient (Wildman–Crippen LogP) is 4.10. The lowest BCUT2D eigenvalue weighted by Gasteiger charge is -2.37. The maximum atomic E-state index is 9.10. The van der Waals surface area contributed by atoms with E-state index in [0.717, 1.165) is 35.9 Å². The Hall–Kier alpha value is -1.83. The molecule has 0 spiro atoms. The molecule has 1 aromatic carbocycles. The Morgan fingerprint density at radius 1 is 1.23 bits per heavy atom. The molecule has 0 aliphatic carbocycles. The maximum absolute atomic E-state index is 9.10. The summed E-state index contributed by atoms with van der Waals surface area (Å²) in [6.45, 7) is 8.46. The van der Waals surface area contributed by atoms with Gasteiger partial charge < -0.3 is 24.6 Å². The molecule has 1 heterocycles. The van der Waals surface area contributed by atoms with Crippen molar-refractivity contribution in [2.24, 2.45) is 5.92 Å². The Kier molecular flexibility index (Phi) is 12.4. The highest BCUT2D eigenvalue weighted by molar-refractivity contribution is 6.31. The molecule has 8 heteroatoms. The van der Waals surface area contributed by atoms with Gasteiger partial charge in [-0.1, -0.05) is 31.4 Å². The average molecular weight is 444 g/mol. The molecule has 0 unspecified atom stereocenters. The minimum atomic E-state index is -1.82. The monoisotopic (exact) mass is 443 g/mol. The second kappa shape index (κ2) is 14.2. The highest BCUT2D eigenvalue weighted by atomic mass is 35.5. The van der Waals surface area contributed by atoms with E-state index >= 15 is 0 Å². The van der Waals surface area contributed by atoms with Crippen molar-refractivity contribution in [2.75, 3.05) is 33.4 Å². The third kappa shape index (κ3) is 9.78. The molecule has 1 aliphatic heterocycles. The van der Waals surface area contributed by atoms with Crippen molar-refractivity contribution in [3.63, 3.8) is 0 Å². The Labute approximate surface area is 183 Å². The molecule has 1 aliphatic rings. The van der Waals surface area contributed by atoms with Gasteiger partial charge in [-0.15, -0.1) is 0 Å². The van der Waals surface area contributed by atoms with Crippen LogP contribution in [-0.2, 0) is 14.3 Å². The number of benzene rings is 1. The van der Waals surface area contributed by atoms with Gasteiger partial charge in [0.2, 0.25) is 0 Å². The lowest BCUT2D eigenvalue weighted by Crippen LogP contribution is -2.45. The highest BCUT2D eigenvalue weighted by Crippen LogP contribution is 2.25. The van der Waals surface area contributed by atoms with Gasteiger partial charge in [0.25, 0.3) is 0 Å². The molecule has 0 radical (unpaired) electrons. The zero-order valence-corrected chi connectivity index (χ0v) is 18.9. The van der Waals surface area contributed by atoms with E-state index in [0.29, 0.717) is 12.0 Å². The summed E-state index contributed by atoms with van der Waals surface area (Å²) in [5.74, 6) is -2.15. The van der Waals surface area contributed by atoms with Crippen LogP contribution in [0.5, 0.6) is 5.75 Å². The van der Waals surface area contributed by atoms with E-state index in [-0.39, 0.29) is 0 Å². The summed E-state index contributed by atoms with van der Waals surface area (Å²) >= 11 is 6.06. The minimum absolute atomic E-state index is 0.330. The molecule has 1 saturated heterocycles. The molecule has 0 aromatic heterocycles. The Morgan fingerprint density at radius 2 is 1.93 bits per heavy atom. The predicted molar refractivity (Wildman–Crippen MR) is 116 cm³/mol. The van der Waals surface area contributed by atoms with Gasteiger partial charge in [-0.3, -0.25) is 0 Å². The van der Waals surface area contributed by atoms with E-state index in [9.17, 15) is 0 Å². The van der Waals surface area contributed by atoms with Crippen LogP contribution in [0.25, 0.3) is 0 Å². The minimum Gasteiger partial charge on any atom is -0.494 e. The summed E-state index contributed by atoms with van der Waals surface area (Å²) in [5, 5.41) is 15.6. The van der Waals surface area contributed by atoms with Gasteiger partial charge >= 0.3 is 11.9 Å². The first kappa shape index (κ1) is 26.2. The molecule has 30 heavy (non-hydrogen) atoms. The lowest BCUT2D eigenvalue weighted by atomic mass is 9.90. The Morgan fingerprint density at radius 3 is 2.50 bits per heavy atom. The van der Waals surface area contributed by atoms with Crippen LogP contribution in [-0.4, -0.2) is 66.5 Å². The van der Waals surface area contributed by atoms with Crippen molar-refractivity contribution in [3.8, 4) is 5.75 Å². The van der Waals surface area contributed by atoms with Crippen molar-refractivity contribution in [2.45, 2.75) is 52.1 Å². The average Bonchev–Trinajstić information content (AvgIpc) is 2.72. The molecule has 1 aromatic rings. The van der Waals surface area contributed by atoms with Crippen molar-refractivity contribution in [1.29, 1.82) is 0 Å². The molecule has 0 amide bonds. The Bertz CT molecular complexity index is 657. The standard InChI is InChI=1S/C20H32ClNO2.C2H2O4/c1-4-5-6-11-22-12-9-17(20(15-22)23-3)10-13-24-18-7-8-19(21)16(2)14-18;3-1(4)2(5)6/h7-8,14,17,20H,4-6,9-13,15H2,1-3H3;(H,3,4)(H,5,6)/t17-,20-;/m1./s1. The van der Waals surface area contributed by atoms with Crippen LogP contribution < -0.4 is 4.74 Å². The lowest BCUT2D eigenvalue weighted by molar-refractivity contribution is -0.159. The number of unbranched alkanes of at least 4 members (excludes halogenated alkanes) is 2. The molecule has 1 fully saturated rings. The number of aryl methyl sites for hydroxylation is 1. The fourth-order valence-corrected chi connectivity index (χ4v) is 3.57. The third-order valence-corrected chi connectivity index (χ3v) is 5.65. The summed E-state index contributed by atoms with van der Waals surface area (Å²) in [7, 11) is 1.84. The molecule has 2 N–H and O–H groups in total. The van der Waals surface area contributed by atoms with E-state index in [1.54, 1.807) is 0 Å². The van der Waals surface area contributed by atoms with Crippen LogP contribution in [0, 0.1) is 12.8 Å². The number of methoxy groups -OCH3 is 1. The summed E-state index contributed by atoms with van der Waals surface area (Å²) in [6.07, 6.45) is 6.49. The number of carboxylic acids is 2. The largest absolute Gasteiger partial charge is 0.494 e. The van der Waals surface area contributed by atoms with Gasteiger partial charge in [-0.05, 0) is 69.0 Å². The van der Waals surface area contributed by atoms with Gasteiger partial charge in [-0.2, -0.15) is 0 Å². The summed E-state index contributed by atoms with van der Waals surface area (Å²) in [5.41, 5.74) is 1.06. The van der Waals surface area contributed by atoms with Gasteiger partial charge in [0.1, 0.15) is 5.75 Å². The number of likely N-dealkylation sites (tertiary alicyclic amines) is 1. The quantitative estimate of drug-likeness (QED) is 0.438. The second-order valence-corrected chi connectivity index (χ2v) is 7.90. The van der Waals surface area contributed by atoms with E-state index < -0.39 is 11.9 Å². The molecule has 2 atom stereocenters. The number of hydrogen-bond donors (Lipinski definition) is 2. The topological polar surface area (TPSA) is 96.3 Å². The van der Waals surface area contributed by atoms with Gasteiger partial charge in [-0.25, -0.2) is 9.59 Å². The first-order valence-corrected chi connectivity index (χ1v) is 10.8. The molecule has 0 bridgehead atoms. The van der Waals surface area contributed by atoms with Crippen LogP contribution in [0.4, 0.5) is 0 Å². The van der Waals surface area contributed by atoms with E-state index in [1.165, 1.54) is 38.8 Å². The van der Waals surface area contributed by atoms with Gasteiger partial charge in [0.05, 0.1) is 12.7 Å². The maximum Gasteiger partial charge on any atom is 0.414 e. The normalized spacial score (nSPS) is 18.9. The number of ether oxygens (including phenoxy) is 2. The number of carbonyl (C=O) groups is 2. The van der Waals surface area contributed by atoms with Crippen molar-refractivity contribution >= 4 is 23.5 Å². The number of piperidine rings is 1.